The quantitative estimate of drug-likeness (QED) is 0.659. The summed E-state index contributed by atoms with van der Waals surface area (Å²) in [5, 5.41) is 2.91. The predicted molar refractivity (Wildman–Crippen MR) is 61.5 cm³/mol. The highest BCUT2D eigenvalue weighted by Crippen LogP contribution is 2.30. The van der Waals surface area contributed by atoms with Crippen molar-refractivity contribution in [1.29, 1.82) is 0 Å². The van der Waals surface area contributed by atoms with E-state index in [2.05, 4.69) is 10.3 Å². The maximum absolute atomic E-state index is 11.5. The Bertz CT molecular complexity index is 416. The summed E-state index contributed by atoms with van der Waals surface area (Å²) in [6.45, 7) is 1.67. The maximum atomic E-state index is 11.5. The predicted octanol–water partition coefficient (Wildman–Crippen LogP) is 0.115. The van der Waals surface area contributed by atoms with Gasteiger partial charge in [0, 0.05) is 5.69 Å². The monoisotopic (exact) mass is 220 g/mol. The van der Waals surface area contributed by atoms with E-state index in [9.17, 15) is 4.79 Å². The molecule has 0 saturated heterocycles. The smallest absolute Gasteiger partial charge is 0.237 e. The third kappa shape index (κ3) is 1.99. The number of fused-ring (bicyclic) bond motifs is 1. The number of amides is 1. The fraction of sp³-hybridized carbons (Fsp3) is 0.455. The van der Waals surface area contributed by atoms with Crippen molar-refractivity contribution in [3.63, 3.8) is 0 Å². The summed E-state index contributed by atoms with van der Waals surface area (Å²) in [6, 6.07) is 3.23. The van der Waals surface area contributed by atoms with Gasteiger partial charge in [0.05, 0.1) is 12.1 Å². The van der Waals surface area contributed by atoms with Crippen molar-refractivity contribution in [2.75, 3.05) is 5.73 Å². The molecule has 2 atom stereocenters. The van der Waals surface area contributed by atoms with Crippen LogP contribution < -0.4 is 16.8 Å². The van der Waals surface area contributed by atoms with Crippen molar-refractivity contribution in [3.8, 4) is 0 Å². The number of anilines is 1. The molecule has 86 valence electrons. The molecule has 0 fully saturated rings. The number of pyridine rings is 1. The fourth-order valence-electron chi connectivity index (χ4n) is 1.94. The molecule has 0 aromatic carbocycles. The molecule has 1 amide bonds. The number of nitrogens with one attached hydrogen (secondary N) is 1. The Hall–Kier alpha value is -1.62. The van der Waals surface area contributed by atoms with Crippen molar-refractivity contribution >= 4 is 11.7 Å². The fourth-order valence-corrected chi connectivity index (χ4v) is 1.94. The van der Waals surface area contributed by atoms with Gasteiger partial charge in [-0.05, 0) is 31.4 Å². The molecule has 2 rings (SSSR count). The number of nitrogen functional groups attached to an aromatic ring is 1. The molecule has 0 aliphatic heterocycles. The number of rotatable bonds is 2. The van der Waals surface area contributed by atoms with Gasteiger partial charge in [-0.15, -0.1) is 0 Å². The Morgan fingerprint density at radius 3 is 3.06 bits per heavy atom. The van der Waals surface area contributed by atoms with Gasteiger partial charge in [0.2, 0.25) is 5.91 Å². The lowest BCUT2D eigenvalue weighted by Gasteiger charge is -2.15. The van der Waals surface area contributed by atoms with Gasteiger partial charge in [0.1, 0.15) is 5.82 Å². The molecule has 1 aliphatic carbocycles. The van der Waals surface area contributed by atoms with Crippen molar-refractivity contribution in [2.24, 2.45) is 5.73 Å². The maximum Gasteiger partial charge on any atom is 0.237 e. The van der Waals surface area contributed by atoms with Crippen molar-refractivity contribution in [3.05, 3.63) is 23.4 Å². The molecular formula is C11H16N4O. The highest BCUT2D eigenvalue weighted by atomic mass is 16.2. The zero-order valence-electron chi connectivity index (χ0n) is 9.23. The molecule has 0 bridgehead atoms. The molecule has 1 aliphatic rings. The Balaban J connectivity index is 2.15. The van der Waals surface area contributed by atoms with Crippen LogP contribution in [0.4, 0.5) is 5.82 Å². The molecule has 1 heterocycles. The van der Waals surface area contributed by atoms with E-state index in [1.807, 2.05) is 6.07 Å². The lowest BCUT2D eigenvalue weighted by molar-refractivity contribution is -0.122. The summed E-state index contributed by atoms with van der Waals surface area (Å²) < 4.78 is 0. The van der Waals surface area contributed by atoms with E-state index in [-0.39, 0.29) is 11.9 Å². The Kier molecular flexibility index (Phi) is 2.78. The molecule has 5 heteroatoms. The van der Waals surface area contributed by atoms with E-state index in [4.69, 9.17) is 11.5 Å². The zero-order valence-corrected chi connectivity index (χ0v) is 9.23. The first-order chi connectivity index (χ1) is 7.58. The Morgan fingerprint density at radius 1 is 1.62 bits per heavy atom. The van der Waals surface area contributed by atoms with Crippen LogP contribution in [-0.4, -0.2) is 16.9 Å². The molecule has 0 unspecified atom stereocenters. The van der Waals surface area contributed by atoms with Gasteiger partial charge in [-0.1, -0.05) is 6.07 Å². The second-order valence-electron chi connectivity index (χ2n) is 4.16. The largest absolute Gasteiger partial charge is 0.384 e. The molecule has 16 heavy (non-hydrogen) atoms. The van der Waals surface area contributed by atoms with Gasteiger partial charge in [0.15, 0.2) is 0 Å². The number of hydrogen-bond donors (Lipinski definition) is 3. The van der Waals surface area contributed by atoms with Crippen molar-refractivity contribution < 1.29 is 4.79 Å². The molecule has 5 nitrogen and oxygen atoms in total. The molecule has 1 aromatic rings. The number of nitrogens with zero attached hydrogens (tertiary/aromatic N) is 1. The lowest BCUT2D eigenvalue weighted by atomic mass is 10.1. The first-order valence-electron chi connectivity index (χ1n) is 5.39. The minimum atomic E-state index is -0.481. The summed E-state index contributed by atoms with van der Waals surface area (Å²) >= 11 is 0. The van der Waals surface area contributed by atoms with Crippen LogP contribution in [0.2, 0.25) is 0 Å². The first-order valence-corrected chi connectivity index (χ1v) is 5.39. The summed E-state index contributed by atoms with van der Waals surface area (Å²) in [5.41, 5.74) is 13.2. The second-order valence-corrected chi connectivity index (χ2v) is 4.16. The summed E-state index contributed by atoms with van der Waals surface area (Å²) in [7, 11) is 0. The SMILES string of the molecule is C[C@@H](N)C(=O)N[C@@H]1CCc2nc(N)ccc21. The Labute approximate surface area is 94.2 Å². The van der Waals surface area contributed by atoms with Gasteiger partial charge in [-0.25, -0.2) is 4.98 Å². The average Bonchev–Trinajstić information content (AvgIpc) is 2.60. The third-order valence-electron chi connectivity index (χ3n) is 2.81. The van der Waals surface area contributed by atoms with Crippen LogP contribution in [0.5, 0.6) is 0 Å². The lowest BCUT2D eigenvalue weighted by Crippen LogP contribution is -2.39. The molecule has 0 spiro atoms. The van der Waals surface area contributed by atoms with Crippen LogP contribution in [0.1, 0.15) is 30.6 Å². The van der Waals surface area contributed by atoms with Gasteiger partial charge in [-0.3, -0.25) is 4.79 Å². The van der Waals surface area contributed by atoms with E-state index < -0.39 is 6.04 Å². The van der Waals surface area contributed by atoms with Crippen LogP contribution in [0, 0.1) is 0 Å². The normalized spacial score (nSPS) is 20.2. The number of aryl methyl sites for hydroxylation is 1. The highest BCUT2D eigenvalue weighted by Gasteiger charge is 2.25. The molecule has 0 radical (unpaired) electrons. The third-order valence-corrected chi connectivity index (χ3v) is 2.81. The zero-order chi connectivity index (χ0) is 11.7. The molecule has 5 N–H and O–H groups in total. The first kappa shape index (κ1) is 10.9. The van der Waals surface area contributed by atoms with Gasteiger partial charge in [0.25, 0.3) is 0 Å². The van der Waals surface area contributed by atoms with E-state index in [0.717, 1.165) is 24.1 Å². The van der Waals surface area contributed by atoms with Crippen LogP contribution in [0.25, 0.3) is 0 Å². The van der Waals surface area contributed by atoms with Crippen molar-refractivity contribution in [1.82, 2.24) is 10.3 Å². The Morgan fingerprint density at radius 2 is 2.38 bits per heavy atom. The average molecular weight is 220 g/mol. The number of carbonyl (C=O) groups is 1. The van der Waals surface area contributed by atoms with E-state index >= 15 is 0 Å². The standard InChI is InChI=1S/C11H16N4O/c1-6(12)11(16)15-9-4-3-8-7(9)2-5-10(13)14-8/h2,5-6,9H,3-4,12H2,1H3,(H2,13,14)(H,15,16)/t6-,9-/m1/s1. The van der Waals surface area contributed by atoms with Crippen molar-refractivity contribution in [2.45, 2.75) is 31.8 Å². The van der Waals surface area contributed by atoms with Gasteiger partial charge >= 0.3 is 0 Å². The number of nitrogens with two attached hydrogens (primary N) is 2. The van der Waals surface area contributed by atoms with E-state index in [0.29, 0.717) is 5.82 Å². The van der Waals surface area contributed by atoms with E-state index in [1.54, 1.807) is 13.0 Å². The van der Waals surface area contributed by atoms with Crippen LogP contribution in [0.3, 0.4) is 0 Å². The summed E-state index contributed by atoms with van der Waals surface area (Å²) in [6.07, 6.45) is 1.72. The number of aromatic nitrogens is 1. The number of carbonyl (C=O) groups excluding carboxylic acids is 1. The van der Waals surface area contributed by atoms with Crippen LogP contribution >= 0.6 is 0 Å². The summed E-state index contributed by atoms with van der Waals surface area (Å²) in [4.78, 5) is 15.7. The molecule has 1 aromatic heterocycles. The van der Waals surface area contributed by atoms with Crippen LogP contribution in [0.15, 0.2) is 12.1 Å². The number of hydrogen-bond acceptors (Lipinski definition) is 4. The topological polar surface area (TPSA) is 94.0 Å². The van der Waals surface area contributed by atoms with Crippen LogP contribution in [-0.2, 0) is 11.2 Å². The van der Waals surface area contributed by atoms with Gasteiger partial charge < -0.3 is 16.8 Å². The minimum Gasteiger partial charge on any atom is -0.384 e. The van der Waals surface area contributed by atoms with E-state index in [1.165, 1.54) is 0 Å². The van der Waals surface area contributed by atoms with Gasteiger partial charge in [-0.2, -0.15) is 0 Å². The highest BCUT2D eigenvalue weighted by molar-refractivity contribution is 5.81. The molecular weight excluding hydrogens is 204 g/mol. The minimum absolute atomic E-state index is 0.0293. The molecule has 0 saturated carbocycles. The second kappa shape index (κ2) is 4.09. The summed E-state index contributed by atoms with van der Waals surface area (Å²) in [5.74, 6) is 0.396.